The molecule has 1 aliphatic heterocycles. The van der Waals surface area contributed by atoms with Crippen molar-refractivity contribution in [2.75, 3.05) is 32.8 Å². The standard InChI is InChI=1S/C18H28N2O3/c1-2-23-13-5-10-19-18(22)15-8-11-20(12-9-15)14-16-6-3-4-7-17(16)21/h3-4,6-7,15,21H,2,5,8-14H2,1H3,(H,19,22). The summed E-state index contributed by atoms with van der Waals surface area (Å²) in [6.45, 7) is 6.63. The molecule has 2 N–H and O–H groups in total. The van der Waals surface area contributed by atoms with Gasteiger partial charge in [-0.05, 0) is 45.3 Å². The molecule has 1 aliphatic rings. The number of nitrogens with one attached hydrogen (secondary N) is 1. The number of benzene rings is 1. The van der Waals surface area contributed by atoms with E-state index in [9.17, 15) is 9.90 Å². The summed E-state index contributed by atoms with van der Waals surface area (Å²) in [5.74, 6) is 0.632. The second kappa shape index (κ2) is 9.53. The van der Waals surface area contributed by atoms with Crippen molar-refractivity contribution in [1.29, 1.82) is 0 Å². The van der Waals surface area contributed by atoms with Crippen LogP contribution in [0.5, 0.6) is 5.75 Å². The van der Waals surface area contributed by atoms with Gasteiger partial charge in [-0.3, -0.25) is 9.69 Å². The lowest BCUT2D eigenvalue weighted by Gasteiger charge is -2.31. The van der Waals surface area contributed by atoms with E-state index in [2.05, 4.69) is 10.2 Å². The molecule has 0 atom stereocenters. The lowest BCUT2D eigenvalue weighted by Crippen LogP contribution is -2.40. The molecule has 0 spiro atoms. The van der Waals surface area contributed by atoms with Crippen LogP contribution in [0.1, 0.15) is 31.7 Å². The van der Waals surface area contributed by atoms with Gasteiger partial charge in [-0.25, -0.2) is 0 Å². The predicted molar refractivity (Wildman–Crippen MR) is 90.2 cm³/mol. The number of hydrogen-bond donors (Lipinski definition) is 2. The summed E-state index contributed by atoms with van der Waals surface area (Å²) < 4.78 is 5.26. The molecule has 0 aliphatic carbocycles. The number of carbonyl (C=O) groups is 1. The summed E-state index contributed by atoms with van der Waals surface area (Å²) in [7, 11) is 0. The van der Waals surface area contributed by atoms with Crippen molar-refractivity contribution < 1.29 is 14.6 Å². The van der Waals surface area contributed by atoms with E-state index in [0.29, 0.717) is 18.9 Å². The maximum absolute atomic E-state index is 12.1. The average Bonchev–Trinajstić information content (AvgIpc) is 2.57. The van der Waals surface area contributed by atoms with Gasteiger partial charge in [-0.2, -0.15) is 0 Å². The second-order valence-electron chi connectivity index (χ2n) is 6.02. The highest BCUT2D eigenvalue weighted by Gasteiger charge is 2.24. The highest BCUT2D eigenvalue weighted by atomic mass is 16.5. The maximum atomic E-state index is 12.1. The van der Waals surface area contributed by atoms with E-state index in [1.165, 1.54) is 0 Å². The molecule has 0 unspecified atom stereocenters. The third-order valence-corrected chi connectivity index (χ3v) is 4.31. The van der Waals surface area contributed by atoms with Crippen molar-refractivity contribution in [3.8, 4) is 5.75 Å². The minimum atomic E-state index is 0.114. The number of para-hydroxylation sites is 1. The van der Waals surface area contributed by atoms with Crippen molar-refractivity contribution >= 4 is 5.91 Å². The fourth-order valence-corrected chi connectivity index (χ4v) is 2.91. The van der Waals surface area contributed by atoms with Crippen LogP contribution in [-0.4, -0.2) is 48.8 Å². The van der Waals surface area contributed by atoms with Crippen LogP contribution in [0.25, 0.3) is 0 Å². The van der Waals surface area contributed by atoms with Crippen LogP contribution in [0, 0.1) is 5.92 Å². The number of carbonyl (C=O) groups excluding carboxylic acids is 1. The predicted octanol–water partition coefficient (Wildman–Crippen LogP) is 2.15. The highest BCUT2D eigenvalue weighted by Crippen LogP contribution is 2.22. The van der Waals surface area contributed by atoms with E-state index < -0.39 is 0 Å². The fourth-order valence-electron chi connectivity index (χ4n) is 2.91. The third-order valence-electron chi connectivity index (χ3n) is 4.31. The number of phenols is 1. The number of phenolic OH excluding ortho intramolecular Hbond substituents is 1. The highest BCUT2D eigenvalue weighted by molar-refractivity contribution is 5.78. The van der Waals surface area contributed by atoms with E-state index in [4.69, 9.17) is 4.74 Å². The number of hydrogen-bond acceptors (Lipinski definition) is 4. The first-order valence-electron chi connectivity index (χ1n) is 8.55. The summed E-state index contributed by atoms with van der Waals surface area (Å²) in [6.07, 6.45) is 2.63. The van der Waals surface area contributed by atoms with Gasteiger partial charge in [0.25, 0.3) is 0 Å². The Balaban J connectivity index is 1.67. The van der Waals surface area contributed by atoms with Crippen molar-refractivity contribution in [2.24, 2.45) is 5.92 Å². The largest absolute Gasteiger partial charge is 0.508 e. The maximum Gasteiger partial charge on any atom is 0.223 e. The number of likely N-dealkylation sites (tertiary alicyclic amines) is 1. The van der Waals surface area contributed by atoms with E-state index in [0.717, 1.165) is 51.1 Å². The zero-order valence-corrected chi connectivity index (χ0v) is 14.0. The third kappa shape index (κ3) is 5.84. The summed E-state index contributed by atoms with van der Waals surface area (Å²) in [5.41, 5.74) is 0.950. The van der Waals surface area contributed by atoms with Crippen LogP contribution < -0.4 is 5.32 Å². The van der Waals surface area contributed by atoms with E-state index in [1.54, 1.807) is 6.07 Å². The first-order chi connectivity index (χ1) is 11.2. The molecule has 1 aromatic carbocycles. The number of ether oxygens (including phenoxy) is 1. The Morgan fingerprint density at radius 3 is 2.78 bits per heavy atom. The van der Waals surface area contributed by atoms with Gasteiger partial charge in [0.2, 0.25) is 5.91 Å². The van der Waals surface area contributed by atoms with Gasteiger partial charge >= 0.3 is 0 Å². The molecule has 0 saturated carbocycles. The van der Waals surface area contributed by atoms with Gasteiger partial charge < -0.3 is 15.2 Å². The topological polar surface area (TPSA) is 61.8 Å². The molecule has 0 aromatic heterocycles. The van der Waals surface area contributed by atoms with Crippen LogP contribution in [0.2, 0.25) is 0 Å². The van der Waals surface area contributed by atoms with E-state index in [-0.39, 0.29) is 11.8 Å². The molecular formula is C18H28N2O3. The molecule has 128 valence electrons. The Morgan fingerprint density at radius 1 is 1.35 bits per heavy atom. The molecule has 1 aromatic rings. The minimum absolute atomic E-state index is 0.114. The van der Waals surface area contributed by atoms with Crippen molar-refractivity contribution in [1.82, 2.24) is 10.2 Å². The number of aromatic hydroxyl groups is 1. The Morgan fingerprint density at radius 2 is 2.09 bits per heavy atom. The molecule has 1 heterocycles. The van der Waals surface area contributed by atoms with Crippen LogP contribution in [0.15, 0.2) is 24.3 Å². The van der Waals surface area contributed by atoms with Crippen LogP contribution in [0.3, 0.4) is 0 Å². The van der Waals surface area contributed by atoms with Crippen molar-refractivity contribution in [3.05, 3.63) is 29.8 Å². The first kappa shape index (κ1) is 17.8. The Labute approximate surface area is 138 Å². The van der Waals surface area contributed by atoms with Gasteiger partial charge in [0, 0.05) is 37.8 Å². The Bertz CT molecular complexity index is 485. The van der Waals surface area contributed by atoms with Crippen molar-refractivity contribution in [3.63, 3.8) is 0 Å². The zero-order valence-electron chi connectivity index (χ0n) is 14.0. The summed E-state index contributed by atoms with van der Waals surface area (Å²) in [4.78, 5) is 14.4. The van der Waals surface area contributed by atoms with Gasteiger partial charge in [0.15, 0.2) is 0 Å². The van der Waals surface area contributed by atoms with Gasteiger partial charge in [-0.1, -0.05) is 18.2 Å². The monoisotopic (exact) mass is 320 g/mol. The molecule has 0 bridgehead atoms. The molecule has 5 heteroatoms. The lowest BCUT2D eigenvalue weighted by atomic mass is 9.95. The summed E-state index contributed by atoms with van der Waals surface area (Å²) in [5, 5.41) is 12.8. The molecule has 1 fully saturated rings. The number of amides is 1. The SMILES string of the molecule is CCOCCCNC(=O)C1CCN(Cc2ccccc2O)CC1. The molecule has 5 nitrogen and oxygen atoms in total. The molecule has 1 saturated heterocycles. The first-order valence-corrected chi connectivity index (χ1v) is 8.55. The van der Waals surface area contributed by atoms with E-state index in [1.807, 2.05) is 25.1 Å². The quantitative estimate of drug-likeness (QED) is 0.721. The summed E-state index contributed by atoms with van der Waals surface area (Å²) in [6, 6.07) is 7.45. The Hall–Kier alpha value is -1.59. The van der Waals surface area contributed by atoms with Gasteiger partial charge in [0.05, 0.1) is 0 Å². The Kier molecular flexibility index (Phi) is 7.36. The smallest absolute Gasteiger partial charge is 0.223 e. The number of nitrogens with zero attached hydrogens (tertiary/aromatic N) is 1. The van der Waals surface area contributed by atoms with Crippen LogP contribution in [0.4, 0.5) is 0 Å². The zero-order chi connectivity index (χ0) is 16.5. The molecule has 0 radical (unpaired) electrons. The van der Waals surface area contributed by atoms with Crippen molar-refractivity contribution in [2.45, 2.75) is 32.7 Å². The average molecular weight is 320 g/mol. The minimum Gasteiger partial charge on any atom is -0.508 e. The van der Waals surface area contributed by atoms with Crippen LogP contribution in [-0.2, 0) is 16.1 Å². The number of piperidine rings is 1. The van der Waals surface area contributed by atoms with E-state index >= 15 is 0 Å². The molecule has 23 heavy (non-hydrogen) atoms. The lowest BCUT2D eigenvalue weighted by molar-refractivity contribution is -0.126. The van der Waals surface area contributed by atoms with Crippen LogP contribution >= 0.6 is 0 Å². The summed E-state index contributed by atoms with van der Waals surface area (Å²) >= 11 is 0. The molecule has 2 rings (SSSR count). The molecule has 1 amide bonds. The molecular weight excluding hydrogens is 292 g/mol. The number of rotatable bonds is 8. The van der Waals surface area contributed by atoms with Gasteiger partial charge in [-0.15, -0.1) is 0 Å². The normalized spacial score (nSPS) is 16.4. The van der Waals surface area contributed by atoms with Gasteiger partial charge in [0.1, 0.15) is 5.75 Å². The fraction of sp³-hybridized carbons (Fsp3) is 0.611. The second-order valence-corrected chi connectivity index (χ2v) is 6.02.